The van der Waals surface area contributed by atoms with Crippen molar-refractivity contribution in [1.82, 2.24) is 10.2 Å². The Morgan fingerprint density at radius 2 is 1.86 bits per heavy atom. The molecule has 0 aliphatic heterocycles. The van der Waals surface area contributed by atoms with Gasteiger partial charge in [0.1, 0.15) is 11.3 Å². The normalized spacial score (nSPS) is 11.0. The van der Waals surface area contributed by atoms with E-state index in [2.05, 4.69) is 42.4 Å². The van der Waals surface area contributed by atoms with E-state index in [1.807, 2.05) is 25.1 Å². The smallest absolute Gasteiger partial charge is 0.155 e. The number of hydrogen-bond donors (Lipinski definition) is 1. The van der Waals surface area contributed by atoms with Crippen LogP contribution in [-0.4, -0.2) is 16.7 Å². The van der Waals surface area contributed by atoms with E-state index in [-0.39, 0.29) is 0 Å². The van der Waals surface area contributed by atoms with Crippen LogP contribution in [0.15, 0.2) is 28.7 Å². The summed E-state index contributed by atoms with van der Waals surface area (Å²) in [5.41, 5.74) is 5.11. The largest absolute Gasteiger partial charge is 0.454 e. The minimum atomic E-state index is 0.770. The van der Waals surface area contributed by atoms with Crippen molar-refractivity contribution in [2.75, 3.05) is 11.9 Å². The summed E-state index contributed by atoms with van der Waals surface area (Å²) in [5.74, 6) is 1.61. The Hall–Kier alpha value is -2.36. The monoisotopic (exact) mass is 281 g/mol. The minimum absolute atomic E-state index is 0.770. The third-order valence-corrected chi connectivity index (χ3v) is 3.77. The molecule has 0 bridgehead atoms. The SMILES string of the molecule is CCNc1nnc(-c2cc3cc(C)ccc3o2)c(C)c1C. The Balaban J connectivity index is 2.12. The number of nitrogens with zero attached hydrogens (tertiary/aromatic N) is 2. The maximum atomic E-state index is 5.92. The van der Waals surface area contributed by atoms with Gasteiger partial charge in [-0.05, 0) is 57.0 Å². The summed E-state index contributed by atoms with van der Waals surface area (Å²) in [4.78, 5) is 0. The number of aromatic nitrogens is 2. The summed E-state index contributed by atoms with van der Waals surface area (Å²) in [7, 11) is 0. The number of nitrogens with one attached hydrogen (secondary N) is 1. The second kappa shape index (κ2) is 5.20. The predicted molar refractivity (Wildman–Crippen MR) is 85.6 cm³/mol. The molecular formula is C17H19N3O. The van der Waals surface area contributed by atoms with E-state index in [0.29, 0.717) is 0 Å². The Labute approximate surface area is 124 Å². The van der Waals surface area contributed by atoms with Crippen LogP contribution in [0.5, 0.6) is 0 Å². The second-order valence-corrected chi connectivity index (χ2v) is 5.33. The Bertz CT molecular complexity index is 805. The van der Waals surface area contributed by atoms with Gasteiger partial charge in [-0.1, -0.05) is 11.6 Å². The lowest BCUT2D eigenvalue weighted by Gasteiger charge is -2.10. The molecular weight excluding hydrogens is 262 g/mol. The molecule has 108 valence electrons. The quantitative estimate of drug-likeness (QED) is 0.780. The van der Waals surface area contributed by atoms with Gasteiger partial charge in [0.15, 0.2) is 11.6 Å². The van der Waals surface area contributed by atoms with Gasteiger partial charge in [-0.2, -0.15) is 0 Å². The summed E-state index contributed by atoms with van der Waals surface area (Å²) in [6.45, 7) is 9.06. The van der Waals surface area contributed by atoms with Gasteiger partial charge in [0, 0.05) is 11.9 Å². The Morgan fingerprint density at radius 3 is 2.62 bits per heavy atom. The number of rotatable bonds is 3. The number of fused-ring (bicyclic) bond motifs is 1. The molecule has 1 aromatic carbocycles. The fourth-order valence-corrected chi connectivity index (χ4v) is 2.45. The fourth-order valence-electron chi connectivity index (χ4n) is 2.45. The summed E-state index contributed by atoms with van der Waals surface area (Å²) in [5, 5.41) is 12.9. The highest BCUT2D eigenvalue weighted by Gasteiger charge is 2.14. The number of anilines is 1. The van der Waals surface area contributed by atoms with Crippen molar-refractivity contribution in [2.24, 2.45) is 0 Å². The number of hydrogen-bond acceptors (Lipinski definition) is 4. The van der Waals surface area contributed by atoms with Gasteiger partial charge >= 0.3 is 0 Å². The van der Waals surface area contributed by atoms with Crippen molar-refractivity contribution < 1.29 is 4.42 Å². The standard InChI is InChI=1S/C17H19N3O/c1-5-18-17-12(4)11(3)16(19-20-17)15-9-13-8-10(2)6-7-14(13)21-15/h6-9H,5H2,1-4H3,(H,18,20). The molecule has 3 aromatic rings. The van der Waals surface area contributed by atoms with Gasteiger partial charge in [-0.15, -0.1) is 10.2 Å². The summed E-state index contributed by atoms with van der Waals surface area (Å²) >= 11 is 0. The van der Waals surface area contributed by atoms with Gasteiger partial charge in [-0.25, -0.2) is 0 Å². The number of furan rings is 1. The number of benzene rings is 1. The van der Waals surface area contributed by atoms with Crippen LogP contribution >= 0.6 is 0 Å². The van der Waals surface area contributed by atoms with Crippen molar-refractivity contribution in [3.05, 3.63) is 41.0 Å². The molecule has 2 aromatic heterocycles. The molecule has 4 nitrogen and oxygen atoms in total. The summed E-state index contributed by atoms with van der Waals surface area (Å²) < 4.78 is 5.92. The molecule has 0 fully saturated rings. The molecule has 3 rings (SSSR count). The molecule has 1 N–H and O–H groups in total. The molecule has 0 spiro atoms. The molecule has 0 aliphatic carbocycles. The van der Waals surface area contributed by atoms with Crippen molar-refractivity contribution >= 4 is 16.8 Å². The van der Waals surface area contributed by atoms with Gasteiger partial charge in [0.25, 0.3) is 0 Å². The van der Waals surface area contributed by atoms with Crippen LogP contribution in [0.4, 0.5) is 5.82 Å². The lowest BCUT2D eigenvalue weighted by molar-refractivity contribution is 0.626. The van der Waals surface area contributed by atoms with Crippen molar-refractivity contribution in [3.8, 4) is 11.5 Å². The van der Waals surface area contributed by atoms with Crippen LogP contribution in [0.25, 0.3) is 22.4 Å². The first-order valence-electron chi connectivity index (χ1n) is 7.18. The summed E-state index contributed by atoms with van der Waals surface area (Å²) in [6, 6.07) is 8.20. The molecule has 0 saturated heterocycles. The third kappa shape index (κ3) is 2.37. The first-order valence-corrected chi connectivity index (χ1v) is 7.18. The third-order valence-electron chi connectivity index (χ3n) is 3.77. The Morgan fingerprint density at radius 1 is 1.05 bits per heavy atom. The molecule has 0 atom stereocenters. The lowest BCUT2D eigenvalue weighted by atomic mass is 10.1. The van der Waals surface area contributed by atoms with E-state index in [0.717, 1.165) is 45.9 Å². The first-order chi connectivity index (χ1) is 10.1. The van der Waals surface area contributed by atoms with Crippen LogP contribution in [-0.2, 0) is 0 Å². The van der Waals surface area contributed by atoms with E-state index in [1.54, 1.807) is 0 Å². The van der Waals surface area contributed by atoms with Gasteiger partial charge in [0.05, 0.1) is 0 Å². The maximum absolute atomic E-state index is 5.92. The van der Waals surface area contributed by atoms with Crippen molar-refractivity contribution in [1.29, 1.82) is 0 Å². The zero-order valence-electron chi connectivity index (χ0n) is 12.8. The average Bonchev–Trinajstić information content (AvgIpc) is 2.87. The highest BCUT2D eigenvalue weighted by atomic mass is 16.3. The second-order valence-electron chi connectivity index (χ2n) is 5.33. The topological polar surface area (TPSA) is 51.0 Å². The molecule has 0 amide bonds. The zero-order valence-corrected chi connectivity index (χ0v) is 12.8. The number of aryl methyl sites for hydroxylation is 1. The highest BCUT2D eigenvalue weighted by molar-refractivity contribution is 5.83. The van der Waals surface area contributed by atoms with Gasteiger partial charge in [-0.3, -0.25) is 0 Å². The van der Waals surface area contributed by atoms with Crippen LogP contribution in [0.2, 0.25) is 0 Å². The molecule has 21 heavy (non-hydrogen) atoms. The molecule has 4 heteroatoms. The van der Waals surface area contributed by atoms with Crippen molar-refractivity contribution in [3.63, 3.8) is 0 Å². The lowest BCUT2D eigenvalue weighted by Crippen LogP contribution is -2.05. The maximum Gasteiger partial charge on any atom is 0.155 e. The average molecular weight is 281 g/mol. The molecule has 0 saturated carbocycles. The van der Waals surface area contributed by atoms with Crippen LogP contribution < -0.4 is 5.32 Å². The molecule has 0 radical (unpaired) electrons. The minimum Gasteiger partial charge on any atom is -0.454 e. The van der Waals surface area contributed by atoms with Crippen LogP contribution in [0, 0.1) is 20.8 Å². The van der Waals surface area contributed by atoms with Crippen LogP contribution in [0.3, 0.4) is 0 Å². The molecule has 0 unspecified atom stereocenters. The molecule has 2 heterocycles. The van der Waals surface area contributed by atoms with Crippen molar-refractivity contribution in [2.45, 2.75) is 27.7 Å². The van der Waals surface area contributed by atoms with E-state index in [1.165, 1.54) is 5.56 Å². The predicted octanol–water partition coefficient (Wildman–Crippen LogP) is 4.25. The first kappa shape index (κ1) is 13.6. The Kier molecular flexibility index (Phi) is 3.37. The van der Waals surface area contributed by atoms with E-state index in [4.69, 9.17) is 4.42 Å². The highest BCUT2D eigenvalue weighted by Crippen LogP contribution is 2.31. The van der Waals surface area contributed by atoms with E-state index < -0.39 is 0 Å². The van der Waals surface area contributed by atoms with Crippen LogP contribution in [0.1, 0.15) is 23.6 Å². The zero-order chi connectivity index (χ0) is 15.0. The van der Waals surface area contributed by atoms with Gasteiger partial charge in [0.2, 0.25) is 0 Å². The summed E-state index contributed by atoms with van der Waals surface area (Å²) in [6.07, 6.45) is 0. The van der Waals surface area contributed by atoms with Gasteiger partial charge < -0.3 is 9.73 Å². The van der Waals surface area contributed by atoms with E-state index in [9.17, 15) is 0 Å². The van der Waals surface area contributed by atoms with E-state index >= 15 is 0 Å². The molecule has 0 aliphatic rings. The fraction of sp³-hybridized carbons (Fsp3) is 0.294.